The molecule has 0 saturated carbocycles. The van der Waals surface area contributed by atoms with E-state index in [1.165, 1.54) is 11.8 Å². The maximum atomic E-state index is 11.1. The van der Waals surface area contributed by atoms with Gasteiger partial charge in [-0.25, -0.2) is 13.1 Å². The third kappa shape index (κ3) is 5.61. The summed E-state index contributed by atoms with van der Waals surface area (Å²) in [5.41, 5.74) is 1.39. The molecule has 0 spiro atoms. The van der Waals surface area contributed by atoms with Gasteiger partial charge in [0.15, 0.2) is 0 Å². The minimum atomic E-state index is -3.05. The van der Waals surface area contributed by atoms with Crippen molar-refractivity contribution in [2.24, 2.45) is 5.92 Å². The van der Waals surface area contributed by atoms with Crippen molar-refractivity contribution in [3.8, 4) is 0 Å². The van der Waals surface area contributed by atoms with Crippen molar-refractivity contribution < 1.29 is 8.42 Å². The summed E-state index contributed by atoms with van der Waals surface area (Å²) < 4.78 is 24.8. The number of likely N-dealkylation sites (tertiary alicyclic amines) is 1. The van der Waals surface area contributed by atoms with Crippen molar-refractivity contribution in [1.82, 2.24) is 9.62 Å². The summed E-state index contributed by atoms with van der Waals surface area (Å²) in [7, 11) is -3.05. The van der Waals surface area contributed by atoms with Crippen molar-refractivity contribution in [3.63, 3.8) is 0 Å². The molecule has 0 radical (unpaired) electrons. The van der Waals surface area contributed by atoms with E-state index in [1.54, 1.807) is 0 Å². The SMILES string of the molecule is CS(=O)(=O)NCC1CCN(CCCc2ccccc2)C1. The molecular formula is C15H24N2O2S. The standard InChI is InChI=1S/C15H24N2O2S/c1-20(18,19)16-12-15-9-11-17(13-15)10-5-8-14-6-3-2-4-7-14/h2-4,6-7,15-16H,5,8-13H2,1H3. The first-order valence-electron chi connectivity index (χ1n) is 7.24. The Morgan fingerprint density at radius 1 is 1.30 bits per heavy atom. The molecule has 1 N–H and O–H groups in total. The number of nitrogens with one attached hydrogen (secondary N) is 1. The second-order valence-electron chi connectivity index (χ2n) is 5.67. The Kier molecular flexibility index (Phi) is 5.57. The van der Waals surface area contributed by atoms with Crippen LogP contribution in [0.3, 0.4) is 0 Å². The van der Waals surface area contributed by atoms with E-state index in [0.717, 1.165) is 38.9 Å². The lowest BCUT2D eigenvalue weighted by atomic mass is 10.1. The summed E-state index contributed by atoms with van der Waals surface area (Å²) in [6.07, 6.45) is 4.59. The first kappa shape index (κ1) is 15.5. The van der Waals surface area contributed by atoms with Gasteiger partial charge in [-0.15, -0.1) is 0 Å². The highest BCUT2D eigenvalue weighted by Gasteiger charge is 2.22. The van der Waals surface area contributed by atoms with E-state index >= 15 is 0 Å². The average Bonchev–Trinajstić information content (AvgIpc) is 2.85. The van der Waals surface area contributed by atoms with E-state index in [9.17, 15) is 8.42 Å². The second-order valence-corrected chi connectivity index (χ2v) is 7.50. The van der Waals surface area contributed by atoms with Crippen LogP contribution in [0.2, 0.25) is 0 Å². The van der Waals surface area contributed by atoms with Gasteiger partial charge in [-0.2, -0.15) is 0 Å². The van der Waals surface area contributed by atoms with Gasteiger partial charge in [-0.3, -0.25) is 0 Å². The zero-order valence-corrected chi connectivity index (χ0v) is 12.9. The Hall–Kier alpha value is -0.910. The minimum Gasteiger partial charge on any atom is -0.303 e. The quantitative estimate of drug-likeness (QED) is 0.829. The van der Waals surface area contributed by atoms with Gasteiger partial charge >= 0.3 is 0 Å². The summed E-state index contributed by atoms with van der Waals surface area (Å²) >= 11 is 0. The summed E-state index contributed by atoms with van der Waals surface area (Å²) in [4.78, 5) is 2.44. The fraction of sp³-hybridized carbons (Fsp3) is 0.600. The van der Waals surface area contributed by atoms with Crippen LogP contribution in [0.5, 0.6) is 0 Å². The molecule has 0 aliphatic carbocycles. The third-order valence-corrected chi connectivity index (χ3v) is 4.48. The molecular weight excluding hydrogens is 272 g/mol. The van der Waals surface area contributed by atoms with Gasteiger partial charge in [0.1, 0.15) is 0 Å². The van der Waals surface area contributed by atoms with E-state index < -0.39 is 10.0 Å². The largest absolute Gasteiger partial charge is 0.303 e. The van der Waals surface area contributed by atoms with E-state index in [1.807, 2.05) is 6.07 Å². The zero-order chi connectivity index (χ0) is 14.4. The highest BCUT2D eigenvalue weighted by molar-refractivity contribution is 7.88. The summed E-state index contributed by atoms with van der Waals surface area (Å²) in [6.45, 7) is 3.78. The number of aryl methyl sites for hydroxylation is 1. The van der Waals surface area contributed by atoms with Crippen LogP contribution >= 0.6 is 0 Å². The second kappa shape index (κ2) is 7.20. The normalized spacial score (nSPS) is 20.4. The average molecular weight is 296 g/mol. The fourth-order valence-corrected chi connectivity index (χ4v) is 3.24. The van der Waals surface area contributed by atoms with Crippen LogP contribution in [0.1, 0.15) is 18.4 Å². The third-order valence-electron chi connectivity index (χ3n) is 3.79. The zero-order valence-electron chi connectivity index (χ0n) is 12.1. The molecule has 4 nitrogen and oxygen atoms in total. The molecule has 20 heavy (non-hydrogen) atoms. The molecule has 1 heterocycles. The molecule has 1 aromatic rings. The van der Waals surface area contributed by atoms with Gasteiger partial charge in [-0.1, -0.05) is 30.3 Å². The van der Waals surface area contributed by atoms with E-state index in [-0.39, 0.29) is 0 Å². The lowest BCUT2D eigenvalue weighted by molar-refractivity contribution is 0.320. The fourth-order valence-electron chi connectivity index (χ4n) is 2.70. The predicted molar refractivity (Wildman–Crippen MR) is 82.2 cm³/mol. The maximum absolute atomic E-state index is 11.1. The molecule has 0 bridgehead atoms. The monoisotopic (exact) mass is 296 g/mol. The van der Waals surface area contributed by atoms with Crippen molar-refractivity contribution in [2.75, 3.05) is 32.4 Å². The molecule has 0 aromatic heterocycles. The van der Waals surface area contributed by atoms with Crippen LogP contribution in [-0.4, -0.2) is 45.8 Å². The van der Waals surface area contributed by atoms with E-state index in [2.05, 4.69) is 33.9 Å². The number of hydrogen-bond acceptors (Lipinski definition) is 3. The van der Waals surface area contributed by atoms with Gasteiger partial charge < -0.3 is 4.90 Å². The Bertz CT molecular complexity index is 502. The van der Waals surface area contributed by atoms with Gasteiger partial charge in [0.2, 0.25) is 10.0 Å². The van der Waals surface area contributed by atoms with Crippen LogP contribution in [0.15, 0.2) is 30.3 Å². The predicted octanol–water partition coefficient (Wildman–Crippen LogP) is 1.49. The Labute approximate surface area is 122 Å². The van der Waals surface area contributed by atoms with Gasteiger partial charge in [0, 0.05) is 13.1 Å². The molecule has 1 aliphatic rings. The number of sulfonamides is 1. The highest BCUT2D eigenvalue weighted by atomic mass is 32.2. The Morgan fingerprint density at radius 3 is 2.75 bits per heavy atom. The molecule has 1 atom stereocenters. The number of hydrogen-bond donors (Lipinski definition) is 1. The Balaban J connectivity index is 1.64. The van der Waals surface area contributed by atoms with Crippen LogP contribution in [0.25, 0.3) is 0 Å². The molecule has 1 aliphatic heterocycles. The van der Waals surface area contributed by atoms with Crippen molar-refractivity contribution in [1.29, 1.82) is 0 Å². The lowest BCUT2D eigenvalue weighted by Crippen LogP contribution is -2.30. The molecule has 2 rings (SSSR count). The van der Waals surface area contributed by atoms with Crippen LogP contribution < -0.4 is 4.72 Å². The van der Waals surface area contributed by atoms with Crippen LogP contribution in [0.4, 0.5) is 0 Å². The van der Waals surface area contributed by atoms with Crippen molar-refractivity contribution >= 4 is 10.0 Å². The van der Waals surface area contributed by atoms with E-state index in [0.29, 0.717) is 12.5 Å². The summed E-state index contributed by atoms with van der Waals surface area (Å²) in [6, 6.07) is 10.5. The maximum Gasteiger partial charge on any atom is 0.208 e. The summed E-state index contributed by atoms with van der Waals surface area (Å²) in [5, 5.41) is 0. The molecule has 112 valence electrons. The topological polar surface area (TPSA) is 49.4 Å². The van der Waals surface area contributed by atoms with Crippen molar-refractivity contribution in [2.45, 2.75) is 19.3 Å². The van der Waals surface area contributed by atoms with Gasteiger partial charge in [0.05, 0.1) is 6.26 Å². The molecule has 1 fully saturated rings. The first-order chi connectivity index (χ1) is 9.53. The minimum absolute atomic E-state index is 0.460. The van der Waals surface area contributed by atoms with Crippen LogP contribution in [0, 0.1) is 5.92 Å². The Morgan fingerprint density at radius 2 is 2.05 bits per heavy atom. The van der Waals surface area contributed by atoms with E-state index in [4.69, 9.17) is 0 Å². The lowest BCUT2D eigenvalue weighted by Gasteiger charge is -2.16. The highest BCUT2D eigenvalue weighted by Crippen LogP contribution is 2.16. The first-order valence-corrected chi connectivity index (χ1v) is 9.13. The molecule has 1 saturated heterocycles. The summed E-state index contributed by atoms with van der Waals surface area (Å²) in [5.74, 6) is 0.460. The smallest absolute Gasteiger partial charge is 0.208 e. The van der Waals surface area contributed by atoms with Gasteiger partial charge in [-0.05, 0) is 43.8 Å². The van der Waals surface area contributed by atoms with Gasteiger partial charge in [0.25, 0.3) is 0 Å². The molecule has 5 heteroatoms. The molecule has 0 amide bonds. The number of benzene rings is 1. The van der Waals surface area contributed by atoms with Crippen molar-refractivity contribution in [3.05, 3.63) is 35.9 Å². The number of rotatable bonds is 7. The molecule has 1 aromatic carbocycles. The molecule has 1 unspecified atom stereocenters. The number of nitrogens with zero attached hydrogens (tertiary/aromatic N) is 1. The van der Waals surface area contributed by atoms with Crippen LogP contribution in [-0.2, 0) is 16.4 Å².